The number of hydrogen-bond donors (Lipinski definition) is 1. The second kappa shape index (κ2) is 4.15. The van der Waals surface area contributed by atoms with E-state index in [1.54, 1.807) is 10.9 Å². The van der Waals surface area contributed by atoms with Gasteiger partial charge in [-0.2, -0.15) is 5.10 Å². The zero-order valence-corrected chi connectivity index (χ0v) is 10.8. The third-order valence-electron chi connectivity index (χ3n) is 3.47. The molecule has 0 aliphatic carbocycles. The van der Waals surface area contributed by atoms with Gasteiger partial charge in [0.2, 0.25) is 11.8 Å². The molecule has 1 aliphatic rings. The summed E-state index contributed by atoms with van der Waals surface area (Å²) in [6, 6.07) is 1.94. The van der Waals surface area contributed by atoms with E-state index in [9.17, 15) is 9.59 Å². The summed E-state index contributed by atoms with van der Waals surface area (Å²) in [7, 11) is 1.84. The van der Waals surface area contributed by atoms with Crippen LogP contribution in [0.3, 0.4) is 0 Å². The lowest BCUT2D eigenvalue weighted by atomic mass is 9.93. The summed E-state index contributed by atoms with van der Waals surface area (Å²) in [5.74, 6) is -0.849. The van der Waals surface area contributed by atoms with Crippen LogP contribution < -0.4 is 5.32 Å². The molecule has 0 aromatic carbocycles. The summed E-state index contributed by atoms with van der Waals surface area (Å²) in [5, 5.41) is 7.68. The van der Waals surface area contributed by atoms with E-state index < -0.39 is 0 Å². The highest BCUT2D eigenvalue weighted by Crippen LogP contribution is 2.29. The SMILES string of the molecule is Cc1cc2c(cn1)c(C1CCC(=O)NC1=O)nn2C. The molecule has 2 aromatic rings. The third kappa shape index (κ3) is 1.89. The standard InChI is InChI=1S/C13H14N4O2/c1-7-5-10-9(6-14-7)12(16-17(10)2)8-3-4-11(18)15-13(8)19/h5-6,8H,3-4H2,1-2H3,(H,15,18,19). The number of nitrogens with zero attached hydrogens (tertiary/aromatic N) is 3. The average molecular weight is 258 g/mol. The molecule has 1 fully saturated rings. The number of piperidine rings is 1. The Morgan fingerprint density at radius 3 is 2.95 bits per heavy atom. The van der Waals surface area contributed by atoms with Gasteiger partial charge < -0.3 is 0 Å². The fourth-order valence-corrected chi connectivity index (χ4v) is 2.49. The predicted octanol–water partition coefficient (Wildman–Crippen LogP) is 0.797. The molecule has 0 bridgehead atoms. The Bertz CT molecular complexity index is 689. The Kier molecular flexibility index (Phi) is 2.58. The van der Waals surface area contributed by atoms with Crippen LogP contribution in [0.5, 0.6) is 0 Å². The summed E-state index contributed by atoms with van der Waals surface area (Å²) in [4.78, 5) is 27.4. The largest absolute Gasteiger partial charge is 0.296 e. The third-order valence-corrected chi connectivity index (χ3v) is 3.47. The predicted molar refractivity (Wildman–Crippen MR) is 68.4 cm³/mol. The first kappa shape index (κ1) is 11.8. The maximum absolute atomic E-state index is 11.9. The molecule has 1 atom stereocenters. The minimum atomic E-state index is -0.370. The Hall–Kier alpha value is -2.24. The van der Waals surface area contributed by atoms with Gasteiger partial charge in [-0.05, 0) is 19.4 Å². The summed E-state index contributed by atoms with van der Waals surface area (Å²) in [6.07, 6.45) is 2.61. The van der Waals surface area contributed by atoms with Crippen LogP contribution in [0.2, 0.25) is 0 Å². The zero-order valence-electron chi connectivity index (χ0n) is 10.8. The summed E-state index contributed by atoms with van der Waals surface area (Å²) in [6.45, 7) is 1.91. The molecule has 2 amide bonds. The van der Waals surface area contributed by atoms with E-state index in [0.29, 0.717) is 18.5 Å². The Balaban J connectivity index is 2.10. The molecule has 1 unspecified atom stereocenters. The Morgan fingerprint density at radius 2 is 2.21 bits per heavy atom. The highest BCUT2D eigenvalue weighted by Gasteiger charge is 2.31. The van der Waals surface area contributed by atoms with E-state index in [-0.39, 0.29) is 17.7 Å². The van der Waals surface area contributed by atoms with Crippen molar-refractivity contribution in [2.24, 2.45) is 7.05 Å². The molecule has 6 heteroatoms. The number of imide groups is 1. The maximum Gasteiger partial charge on any atom is 0.235 e. The van der Waals surface area contributed by atoms with Crippen molar-refractivity contribution in [2.75, 3.05) is 0 Å². The molecule has 1 N–H and O–H groups in total. The van der Waals surface area contributed by atoms with Crippen LogP contribution in [0.15, 0.2) is 12.3 Å². The number of fused-ring (bicyclic) bond motifs is 1. The van der Waals surface area contributed by atoms with Crippen LogP contribution >= 0.6 is 0 Å². The molecule has 6 nitrogen and oxygen atoms in total. The number of aromatic nitrogens is 3. The molecule has 19 heavy (non-hydrogen) atoms. The highest BCUT2D eigenvalue weighted by atomic mass is 16.2. The van der Waals surface area contributed by atoms with E-state index in [4.69, 9.17) is 0 Å². The van der Waals surface area contributed by atoms with Gasteiger partial charge in [0.25, 0.3) is 0 Å². The monoisotopic (exact) mass is 258 g/mol. The van der Waals surface area contributed by atoms with Gasteiger partial charge in [0.15, 0.2) is 0 Å². The van der Waals surface area contributed by atoms with Gasteiger partial charge in [-0.15, -0.1) is 0 Å². The minimum Gasteiger partial charge on any atom is -0.296 e. The number of aryl methyl sites for hydroxylation is 2. The number of carbonyl (C=O) groups excluding carboxylic acids is 2. The Morgan fingerprint density at radius 1 is 1.42 bits per heavy atom. The summed E-state index contributed by atoms with van der Waals surface area (Å²) >= 11 is 0. The van der Waals surface area contributed by atoms with Crippen LogP contribution in [0.1, 0.15) is 30.1 Å². The molecule has 0 spiro atoms. The molecule has 1 saturated heterocycles. The van der Waals surface area contributed by atoms with Crippen molar-refractivity contribution in [1.29, 1.82) is 0 Å². The zero-order chi connectivity index (χ0) is 13.6. The van der Waals surface area contributed by atoms with Crippen molar-refractivity contribution in [2.45, 2.75) is 25.7 Å². The summed E-state index contributed by atoms with van der Waals surface area (Å²) < 4.78 is 1.75. The first-order valence-electron chi connectivity index (χ1n) is 6.19. The number of nitrogens with one attached hydrogen (secondary N) is 1. The molecule has 3 rings (SSSR count). The molecule has 98 valence electrons. The number of amides is 2. The van der Waals surface area contributed by atoms with E-state index in [2.05, 4.69) is 15.4 Å². The van der Waals surface area contributed by atoms with Crippen molar-refractivity contribution in [3.8, 4) is 0 Å². The van der Waals surface area contributed by atoms with Crippen LogP contribution in [-0.4, -0.2) is 26.6 Å². The molecule has 0 radical (unpaired) electrons. The van der Waals surface area contributed by atoms with Gasteiger partial charge in [-0.25, -0.2) is 0 Å². The quantitative estimate of drug-likeness (QED) is 0.767. The molecular weight excluding hydrogens is 244 g/mol. The van der Waals surface area contributed by atoms with Gasteiger partial charge in [-0.3, -0.25) is 24.6 Å². The minimum absolute atomic E-state index is 0.213. The molecule has 3 heterocycles. The molecular formula is C13H14N4O2. The van der Waals surface area contributed by atoms with Crippen molar-refractivity contribution in [3.05, 3.63) is 23.7 Å². The fourth-order valence-electron chi connectivity index (χ4n) is 2.49. The molecule has 2 aromatic heterocycles. The second-order valence-corrected chi connectivity index (χ2v) is 4.86. The second-order valence-electron chi connectivity index (χ2n) is 4.86. The average Bonchev–Trinajstić information content (AvgIpc) is 2.66. The van der Waals surface area contributed by atoms with Gasteiger partial charge >= 0.3 is 0 Å². The van der Waals surface area contributed by atoms with Crippen molar-refractivity contribution in [3.63, 3.8) is 0 Å². The first-order valence-corrected chi connectivity index (χ1v) is 6.19. The van der Waals surface area contributed by atoms with Crippen LogP contribution in [-0.2, 0) is 16.6 Å². The molecule has 1 aliphatic heterocycles. The van der Waals surface area contributed by atoms with E-state index in [1.807, 2.05) is 20.0 Å². The lowest BCUT2D eigenvalue weighted by Crippen LogP contribution is -2.39. The van der Waals surface area contributed by atoms with Crippen molar-refractivity contribution < 1.29 is 9.59 Å². The van der Waals surface area contributed by atoms with E-state index in [1.165, 1.54) is 0 Å². The van der Waals surface area contributed by atoms with Crippen molar-refractivity contribution >= 4 is 22.7 Å². The maximum atomic E-state index is 11.9. The normalized spacial score (nSPS) is 19.8. The highest BCUT2D eigenvalue weighted by molar-refractivity contribution is 6.02. The fraction of sp³-hybridized carbons (Fsp3) is 0.385. The molecule has 0 saturated carbocycles. The number of pyridine rings is 1. The van der Waals surface area contributed by atoms with Gasteiger partial charge in [0.1, 0.15) is 0 Å². The van der Waals surface area contributed by atoms with Gasteiger partial charge in [0, 0.05) is 30.7 Å². The Labute approximate surface area is 109 Å². The van der Waals surface area contributed by atoms with Gasteiger partial charge in [0.05, 0.1) is 17.1 Å². The first-order chi connectivity index (χ1) is 9.06. The number of rotatable bonds is 1. The number of carbonyl (C=O) groups is 2. The lowest BCUT2D eigenvalue weighted by Gasteiger charge is -2.19. The van der Waals surface area contributed by atoms with Crippen LogP contribution in [0.25, 0.3) is 10.9 Å². The summed E-state index contributed by atoms with van der Waals surface area (Å²) in [5.41, 5.74) is 2.56. The van der Waals surface area contributed by atoms with Crippen LogP contribution in [0.4, 0.5) is 0 Å². The topological polar surface area (TPSA) is 76.9 Å². The van der Waals surface area contributed by atoms with Gasteiger partial charge in [-0.1, -0.05) is 0 Å². The van der Waals surface area contributed by atoms with Crippen LogP contribution in [0, 0.1) is 6.92 Å². The lowest BCUT2D eigenvalue weighted by molar-refractivity contribution is -0.134. The number of hydrogen-bond acceptors (Lipinski definition) is 4. The van der Waals surface area contributed by atoms with Crippen molar-refractivity contribution in [1.82, 2.24) is 20.1 Å². The smallest absolute Gasteiger partial charge is 0.235 e. The van der Waals surface area contributed by atoms with E-state index >= 15 is 0 Å². The van der Waals surface area contributed by atoms with E-state index in [0.717, 1.165) is 16.6 Å².